The minimum absolute atomic E-state index is 0.109. The van der Waals surface area contributed by atoms with Crippen LogP contribution in [0.25, 0.3) is 0 Å². The van der Waals surface area contributed by atoms with E-state index in [9.17, 15) is 0 Å². The fourth-order valence-electron chi connectivity index (χ4n) is 1.85. The van der Waals surface area contributed by atoms with Gasteiger partial charge in [-0.05, 0) is 46.5 Å². The van der Waals surface area contributed by atoms with Gasteiger partial charge in [-0.1, -0.05) is 16.4 Å². The molecule has 0 aromatic carbocycles. The molecule has 0 radical (unpaired) electrons. The molecule has 1 aromatic heterocycles. The van der Waals surface area contributed by atoms with Crippen molar-refractivity contribution in [1.29, 1.82) is 0 Å². The van der Waals surface area contributed by atoms with Crippen LogP contribution >= 0.6 is 11.3 Å². The minimum atomic E-state index is 0.109. The van der Waals surface area contributed by atoms with Crippen LogP contribution in [0.15, 0.2) is 0 Å². The van der Waals surface area contributed by atoms with E-state index in [1.54, 1.807) is 11.3 Å². The van der Waals surface area contributed by atoms with Gasteiger partial charge in [-0.25, -0.2) is 0 Å². The Hall–Kier alpha value is -0.680. The second-order valence-corrected chi connectivity index (χ2v) is 6.61. The summed E-state index contributed by atoms with van der Waals surface area (Å²) in [6, 6.07) is 0. The molecule has 1 heterocycles. The van der Waals surface area contributed by atoms with E-state index in [1.807, 2.05) is 0 Å². The van der Waals surface area contributed by atoms with E-state index in [4.69, 9.17) is 4.74 Å². The zero-order valence-electron chi connectivity index (χ0n) is 10.8. The largest absolute Gasteiger partial charge is 0.466 e. The summed E-state index contributed by atoms with van der Waals surface area (Å²) in [4.78, 5) is 0. The smallest absolute Gasteiger partial charge is 0.294 e. The third-order valence-electron chi connectivity index (χ3n) is 2.79. The highest BCUT2D eigenvalue weighted by molar-refractivity contribution is 7.13. The highest BCUT2D eigenvalue weighted by atomic mass is 32.1. The van der Waals surface area contributed by atoms with Crippen LogP contribution in [0, 0.1) is 0 Å². The fraction of sp³-hybridized carbons (Fsp3) is 0.833. The molecule has 0 aliphatic heterocycles. The van der Waals surface area contributed by atoms with Gasteiger partial charge < -0.3 is 10.1 Å². The lowest BCUT2D eigenvalue weighted by Gasteiger charge is -2.19. The predicted molar refractivity (Wildman–Crippen MR) is 69.4 cm³/mol. The monoisotopic (exact) mass is 255 g/mol. The minimum Gasteiger partial charge on any atom is -0.466 e. The number of rotatable bonds is 4. The third kappa shape index (κ3) is 4.24. The van der Waals surface area contributed by atoms with Crippen molar-refractivity contribution < 1.29 is 4.74 Å². The molecule has 1 N–H and O–H groups in total. The highest BCUT2D eigenvalue weighted by Gasteiger charge is 2.18. The Kier molecular flexibility index (Phi) is 3.99. The number of nitrogens with one attached hydrogen (secondary N) is 1. The first-order chi connectivity index (χ1) is 8.03. The molecular weight excluding hydrogens is 234 g/mol. The normalized spacial score (nSPS) is 17.6. The van der Waals surface area contributed by atoms with Gasteiger partial charge in [0.1, 0.15) is 11.1 Å². The van der Waals surface area contributed by atoms with Crippen LogP contribution < -0.4 is 10.1 Å². The maximum Gasteiger partial charge on any atom is 0.294 e. The Labute approximate surface area is 107 Å². The van der Waals surface area contributed by atoms with Crippen molar-refractivity contribution >= 4 is 11.3 Å². The SMILES string of the molecule is CC(C)(C)NCc1nnc(OC2CCCC2)s1. The van der Waals surface area contributed by atoms with Crippen LogP contribution in [-0.4, -0.2) is 21.8 Å². The number of ether oxygens (including phenoxy) is 1. The summed E-state index contributed by atoms with van der Waals surface area (Å²) < 4.78 is 5.81. The Morgan fingerprint density at radius 2 is 2.00 bits per heavy atom. The van der Waals surface area contributed by atoms with E-state index >= 15 is 0 Å². The molecule has 4 nitrogen and oxygen atoms in total. The van der Waals surface area contributed by atoms with E-state index in [0.717, 1.165) is 29.6 Å². The van der Waals surface area contributed by atoms with Gasteiger partial charge in [0, 0.05) is 5.54 Å². The highest BCUT2D eigenvalue weighted by Crippen LogP contribution is 2.26. The van der Waals surface area contributed by atoms with E-state index in [1.165, 1.54) is 12.8 Å². The first kappa shape index (κ1) is 12.8. The molecule has 1 aliphatic carbocycles. The molecule has 0 saturated heterocycles. The number of aromatic nitrogens is 2. The van der Waals surface area contributed by atoms with Gasteiger partial charge >= 0.3 is 0 Å². The predicted octanol–water partition coefficient (Wildman–Crippen LogP) is 2.75. The van der Waals surface area contributed by atoms with Gasteiger partial charge in [0.05, 0.1) is 6.54 Å². The van der Waals surface area contributed by atoms with Gasteiger partial charge in [-0.2, -0.15) is 0 Å². The maximum atomic E-state index is 5.81. The van der Waals surface area contributed by atoms with Gasteiger partial charge in [-0.3, -0.25) is 0 Å². The number of nitrogens with zero attached hydrogens (tertiary/aromatic N) is 2. The van der Waals surface area contributed by atoms with Crippen molar-refractivity contribution in [3.8, 4) is 5.19 Å². The van der Waals surface area contributed by atoms with E-state index < -0.39 is 0 Å². The zero-order valence-corrected chi connectivity index (χ0v) is 11.6. The van der Waals surface area contributed by atoms with Crippen LogP contribution in [0.3, 0.4) is 0 Å². The molecule has 17 heavy (non-hydrogen) atoms. The molecule has 5 heteroatoms. The topological polar surface area (TPSA) is 47.0 Å². The molecule has 2 rings (SSSR count). The van der Waals surface area contributed by atoms with E-state index in [-0.39, 0.29) is 5.54 Å². The number of hydrogen-bond acceptors (Lipinski definition) is 5. The zero-order chi connectivity index (χ0) is 12.3. The summed E-state index contributed by atoms with van der Waals surface area (Å²) >= 11 is 1.55. The van der Waals surface area contributed by atoms with Crippen molar-refractivity contribution in [3.05, 3.63) is 5.01 Å². The Morgan fingerprint density at radius 1 is 1.29 bits per heavy atom. The van der Waals surface area contributed by atoms with Crippen LogP contribution in [0.1, 0.15) is 51.5 Å². The first-order valence-electron chi connectivity index (χ1n) is 6.27. The van der Waals surface area contributed by atoms with Gasteiger partial charge in [-0.15, -0.1) is 5.10 Å². The molecule has 1 saturated carbocycles. The molecule has 1 aliphatic rings. The lowest BCUT2D eigenvalue weighted by molar-refractivity contribution is 0.207. The molecule has 0 spiro atoms. The second-order valence-electron chi connectivity index (χ2n) is 5.59. The van der Waals surface area contributed by atoms with Crippen molar-refractivity contribution in [2.45, 2.75) is 64.6 Å². The summed E-state index contributed by atoms with van der Waals surface area (Å²) in [5.74, 6) is 0. The maximum absolute atomic E-state index is 5.81. The van der Waals surface area contributed by atoms with Crippen LogP contribution in [0.5, 0.6) is 5.19 Å². The molecular formula is C12H21N3OS. The Balaban J connectivity index is 1.83. The van der Waals surface area contributed by atoms with E-state index in [0.29, 0.717) is 6.10 Å². The molecule has 1 aromatic rings. The molecule has 0 amide bonds. The van der Waals surface area contributed by atoms with E-state index in [2.05, 4.69) is 36.3 Å². The fourth-order valence-corrected chi connectivity index (χ4v) is 2.54. The van der Waals surface area contributed by atoms with Gasteiger partial charge in [0.25, 0.3) is 5.19 Å². The Morgan fingerprint density at radius 3 is 2.65 bits per heavy atom. The summed E-state index contributed by atoms with van der Waals surface area (Å²) in [7, 11) is 0. The quantitative estimate of drug-likeness (QED) is 0.898. The Bertz CT molecular complexity index is 353. The summed E-state index contributed by atoms with van der Waals surface area (Å²) in [6.07, 6.45) is 5.25. The standard InChI is InChI=1S/C12H21N3OS/c1-12(2,3)13-8-10-14-15-11(17-10)16-9-6-4-5-7-9/h9,13H,4-8H2,1-3H3. The average molecular weight is 255 g/mol. The lowest BCUT2D eigenvalue weighted by atomic mass is 10.1. The average Bonchev–Trinajstić information content (AvgIpc) is 2.86. The van der Waals surface area contributed by atoms with Gasteiger partial charge in [0.15, 0.2) is 0 Å². The molecule has 1 fully saturated rings. The van der Waals surface area contributed by atoms with Crippen molar-refractivity contribution in [2.24, 2.45) is 0 Å². The van der Waals surface area contributed by atoms with Crippen LogP contribution in [-0.2, 0) is 6.54 Å². The van der Waals surface area contributed by atoms with Gasteiger partial charge in [0.2, 0.25) is 0 Å². The van der Waals surface area contributed by atoms with Crippen molar-refractivity contribution in [1.82, 2.24) is 15.5 Å². The lowest BCUT2D eigenvalue weighted by Crippen LogP contribution is -2.35. The molecule has 96 valence electrons. The summed E-state index contributed by atoms with van der Waals surface area (Å²) in [5, 5.41) is 13.3. The molecule has 0 unspecified atom stereocenters. The number of hydrogen-bond donors (Lipinski definition) is 1. The van der Waals surface area contributed by atoms with Crippen LogP contribution in [0.2, 0.25) is 0 Å². The van der Waals surface area contributed by atoms with Crippen molar-refractivity contribution in [2.75, 3.05) is 0 Å². The molecule has 0 bridgehead atoms. The first-order valence-corrected chi connectivity index (χ1v) is 7.09. The molecule has 0 atom stereocenters. The van der Waals surface area contributed by atoms with Crippen molar-refractivity contribution in [3.63, 3.8) is 0 Å². The summed E-state index contributed by atoms with van der Waals surface area (Å²) in [6.45, 7) is 7.19. The third-order valence-corrected chi connectivity index (χ3v) is 3.60. The second kappa shape index (κ2) is 5.31. The summed E-state index contributed by atoms with van der Waals surface area (Å²) in [5.41, 5.74) is 0.109. The van der Waals surface area contributed by atoms with Crippen LogP contribution in [0.4, 0.5) is 0 Å².